The van der Waals surface area contributed by atoms with E-state index in [1.54, 1.807) is 20.8 Å². The second-order valence-corrected chi connectivity index (χ2v) is 7.13. The molecule has 0 aliphatic heterocycles. The van der Waals surface area contributed by atoms with Crippen molar-refractivity contribution >= 4 is 55.6 Å². The second kappa shape index (κ2) is 9.45. The fraction of sp³-hybridized carbons (Fsp3) is 1.00. The van der Waals surface area contributed by atoms with Crippen LogP contribution in [0.5, 0.6) is 0 Å². The maximum Gasteiger partial charge on any atom is 0.475 e. The van der Waals surface area contributed by atoms with E-state index in [1.165, 1.54) is 0 Å². The van der Waals surface area contributed by atoms with Gasteiger partial charge in [-0.25, -0.2) is 4.57 Å². The molecule has 3 unspecified atom stereocenters. The lowest BCUT2D eigenvalue weighted by Gasteiger charge is -2.25. The fourth-order valence-corrected chi connectivity index (χ4v) is 3.52. The van der Waals surface area contributed by atoms with Gasteiger partial charge in [0.25, 0.3) is 0 Å². The van der Waals surface area contributed by atoms with Crippen molar-refractivity contribution in [3.63, 3.8) is 0 Å². The first kappa shape index (κ1) is 18.6. The third-order valence-corrected chi connectivity index (χ3v) is 6.17. The molecule has 0 radical (unpaired) electrons. The highest BCUT2D eigenvalue weighted by atomic mass is 79.9. The number of phosphoric ester groups is 1. The standard InChI is InChI=1S/C9H18Br3O4P/c1-7(4-10)14-17(13,15-8(2)5-11)16-9(3)6-12/h7-9H,4-6H2,1-3H3. The van der Waals surface area contributed by atoms with E-state index in [0.29, 0.717) is 16.0 Å². The summed E-state index contributed by atoms with van der Waals surface area (Å²) in [6.45, 7) is 5.39. The molecular formula is C9H18Br3O4P. The predicted octanol–water partition coefficient (Wildman–Crippen LogP) is 4.49. The van der Waals surface area contributed by atoms with Gasteiger partial charge in [-0.15, -0.1) is 0 Å². The molecule has 0 aromatic heterocycles. The molecule has 0 aliphatic rings. The van der Waals surface area contributed by atoms with Crippen molar-refractivity contribution in [2.45, 2.75) is 39.1 Å². The van der Waals surface area contributed by atoms with Crippen LogP contribution in [-0.4, -0.2) is 34.3 Å². The Kier molecular flexibility index (Phi) is 10.3. The van der Waals surface area contributed by atoms with Gasteiger partial charge in [-0.1, -0.05) is 47.8 Å². The molecule has 0 fully saturated rings. The highest BCUT2D eigenvalue weighted by Gasteiger charge is 2.33. The molecule has 4 nitrogen and oxygen atoms in total. The highest BCUT2D eigenvalue weighted by Crippen LogP contribution is 2.53. The van der Waals surface area contributed by atoms with E-state index in [0.717, 1.165) is 0 Å². The van der Waals surface area contributed by atoms with E-state index in [-0.39, 0.29) is 18.3 Å². The summed E-state index contributed by atoms with van der Waals surface area (Å²) in [5.74, 6) is 0. The largest absolute Gasteiger partial charge is 0.475 e. The van der Waals surface area contributed by atoms with Crippen molar-refractivity contribution in [3.8, 4) is 0 Å². The van der Waals surface area contributed by atoms with E-state index in [2.05, 4.69) is 47.8 Å². The summed E-state index contributed by atoms with van der Waals surface area (Å²) >= 11 is 9.77. The van der Waals surface area contributed by atoms with Gasteiger partial charge < -0.3 is 0 Å². The van der Waals surface area contributed by atoms with Crippen LogP contribution < -0.4 is 0 Å². The Hall–Kier alpha value is 1.55. The van der Waals surface area contributed by atoms with E-state index in [4.69, 9.17) is 13.6 Å². The molecular weight excluding hydrogens is 443 g/mol. The maximum absolute atomic E-state index is 12.4. The molecule has 3 atom stereocenters. The van der Waals surface area contributed by atoms with Crippen LogP contribution in [0.3, 0.4) is 0 Å². The van der Waals surface area contributed by atoms with Crippen LogP contribution in [0.25, 0.3) is 0 Å². The van der Waals surface area contributed by atoms with E-state index < -0.39 is 7.82 Å². The van der Waals surface area contributed by atoms with Gasteiger partial charge in [-0.3, -0.25) is 13.6 Å². The minimum absolute atomic E-state index is 0.245. The molecule has 0 aromatic carbocycles. The molecule has 0 heterocycles. The summed E-state index contributed by atoms with van der Waals surface area (Å²) in [5.41, 5.74) is 0. The SMILES string of the molecule is CC(CBr)OP(=O)(OC(C)CBr)OC(C)CBr. The van der Waals surface area contributed by atoms with Gasteiger partial charge in [0.2, 0.25) is 0 Å². The first-order chi connectivity index (χ1) is 7.86. The lowest BCUT2D eigenvalue weighted by atomic mass is 10.5. The summed E-state index contributed by atoms with van der Waals surface area (Å²) in [6, 6.07) is 0. The Bertz CT molecular complexity index is 216. The molecule has 17 heavy (non-hydrogen) atoms. The molecule has 0 bridgehead atoms. The molecule has 0 saturated carbocycles. The first-order valence-corrected chi connectivity index (χ1v) is 10.0. The number of phosphoric acid groups is 1. The lowest BCUT2D eigenvalue weighted by Crippen LogP contribution is -2.19. The summed E-state index contributed by atoms with van der Waals surface area (Å²) in [6.07, 6.45) is -0.734. The van der Waals surface area contributed by atoms with Gasteiger partial charge in [0.05, 0.1) is 18.3 Å². The Morgan fingerprint density at radius 1 is 0.824 bits per heavy atom. The van der Waals surface area contributed by atoms with Crippen molar-refractivity contribution in [3.05, 3.63) is 0 Å². The number of halogens is 3. The molecule has 8 heteroatoms. The number of alkyl halides is 3. The minimum Gasteiger partial charge on any atom is -0.283 e. The van der Waals surface area contributed by atoms with Crippen LogP contribution in [0.1, 0.15) is 20.8 Å². The van der Waals surface area contributed by atoms with Crippen molar-refractivity contribution in [1.29, 1.82) is 0 Å². The van der Waals surface area contributed by atoms with Gasteiger partial charge in [0.1, 0.15) is 0 Å². The van der Waals surface area contributed by atoms with Gasteiger partial charge in [-0.2, -0.15) is 0 Å². The van der Waals surface area contributed by atoms with Crippen LogP contribution >= 0.6 is 55.6 Å². The normalized spacial score (nSPS) is 20.6. The molecule has 0 spiro atoms. The quantitative estimate of drug-likeness (QED) is 0.375. The summed E-state index contributed by atoms with van der Waals surface area (Å²) in [7, 11) is -3.53. The maximum atomic E-state index is 12.4. The van der Waals surface area contributed by atoms with Crippen LogP contribution in [0.2, 0.25) is 0 Å². The summed E-state index contributed by atoms with van der Waals surface area (Å²) in [5, 5.41) is 1.69. The zero-order valence-corrected chi connectivity index (χ0v) is 15.7. The topological polar surface area (TPSA) is 44.8 Å². The van der Waals surface area contributed by atoms with Crippen molar-refractivity contribution in [1.82, 2.24) is 0 Å². The first-order valence-electron chi connectivity index (χ1n) is 5.20. The van der Waals surface area contributed by atoms with Gasteiger partial charge in [0.15, 0.2) is 0 Å². The third-order valence-electron chi connectivity index (χ3n) is 1.58. The molecule has 104 valence electrons. The molecule has 0 amide bonds. The van der Waals surface area contributed by atoms with Gasteiger partial charge in [-0.05, 0) is 20.8 Å². The Labute approximate surface area is 128 Å². The average molecular weight is 461 g/mol. The minimum atomic E-state index is -3.53. The van der Waals surface area contributed by atoms with Gasteiger partial charge in [0, 0.05) is 16.0 Å². The van der Waals surface area contributed by atoms with Crippen LogP contribution in [-0.2, 0) is 18.1 Å². The van der Waals surface area contributed by atoms with E-state index in [9.17, 15) is 4.57 Å². The second-order valence-electron chi connectivity index (χ2n) is 3.66. The summed E-state index contributed by atoms with van der Waals surface area (Å²) in [4.78, 5) is 0. The smallest absolute Gasteiger partial charge is 0.283 e. The molecule has 0 saturated heterocycles. The van der Waals surface area contributed by atoms with Gasteiger partial charge >= 0.3 is 7.82 Å². The summed E-state index contributed by atoms with van der Waals surface area (Å²) < 4.78 is 28.5. The van der Waals surface area contributed by atoms with Crippen molar-refractivity contribution < 1.29 is 18.1 Å². The van der Waals surface area contributed by atoms with E-state index in [1.807, 2.05) is 0 Å². The fourth-order valence-electron chi connectivity index (χ4n) is 0.820. The Morgan fingerprint density at radius 3 is 1.24 bits per heavy atom. The zero-order chi connectivity index (χ0) is 13.5. The third kappa shape index (κ3) is 8.35. The number of hydrogen-bond acceptors (Lipinski definition) is 4. The predicted molar refractivity (Wildman–Crippen MR) is 80.6 cm³/mol. The van der Waals surface area contributed by atoms with Crippen LogP contribution in [0, 0.1) is 0 Å². The van der Waals surface area contributed by atoms with Crippen molar-refractivity contribution in [2.75, 3.05) is 16.0 Å². The average Bonchev–Trinajstić information content (AvgIpc) is 2.27. The molecule has 0 aromatic rings. The Morgan fingerprint density at radius 2 is 1.06 bits per heavy atom. The van der Waals surface area contributed by atoms with Crippen LogP contribution in [0.15, 0.2) is 0 Å². The Balaban J connectivity index is 4.62. The highest BCUT2D eigenvalue weighted by molar-refractivity contribution is 9.09. The molecule has 0 N–H and O–H groups in total. The van der Waals surface area contributed by atoms with Crippen LogP contribution in [0.4, 0.5) is 0 Å². The van der Waals surface area contributed by atoms with E-state index >= 15 is 0 Å². The zero-order valence-electron chi connectivity index (χ0n) is 10.1. The van der Waals surface area contributed by atoms with Crippen molar-refractivity contribution in [2.24, 2.45) is 0 Å². The molecule has 0 aliphatic carbocycles. The number of hydrogen-bond donors (Lipinski definition) is 0. The number of rotatable bonds is 9. The lowest BCUT2D eigenvalue weighted by molar-refractivity contribution is 0.0600. The monoisotopic (exact) mass is 458 g/mol. The molecule has 0 rings (SSSR count).